The summed E-state index contributed by atoms with van der Waals surface area (Å²) in [6.45, 7) is 7.93. The molecule has 2 rings (SSSR count). The predicted molar refractivity (Wildman–Crippen MR) is 88.8 cm³/mol. The van der Waals surface area contributed by atoms with Crippen LogP contribution in [-0.4, -0.2) is 68.1 Å². The lowest BCUT2D eigenvalue weighted by atomic mass is 10.2. The number of nitrogens with zero attached hydrogens (tertiary/aromatic N) is 3. The average Bonchev–Trinajstić information content (AvgIpc) is 2.42. The van der Waals surface area contributed by atoms with Crippen molar-refractivity contribution in [1.82, 2.24) is 14.7 Å². The van der Waals surface area contributed by atoms with E-state index in [4.69, 9.17) is 5.73 Å². The molecule has 0 spiro atoms. The number of benzene rings is 1. The highest BCUT2D eigenvalue weighted by Crippen LogP contribution is 2.21. The van der Waals surface area contributed by atoms with Gasteiger partial charge in [0.1, 0.15) is 0 Å². The summed E-state index contributed by atoms with van der Waals surface area (Å²) in [5.41, 5.74) is 8.06. The summed E-state index contributed by atoms with van der Waals surface area (Å²) in [4.78, 5) is 7.30. The van der Waals surface area contributed by atoms with Gasteiger partial charge in [0.15, 0.2) is 0 Å². The number of likely N-dealkylation sites (N-methyl/N-ethyl adjacent to an activating group) is 1. The summed E-state index contributed by atoms with van der Waals surface area (Å²) < 4.78 is 0.981. The lowest BCUT2D eigenvalue weighted by molar-refractivity contribution is 0.120. The molecule has 1 heterocycles. The lowest BCUT2D eigenvalue weighted by Crippen LogP contribution is -2.47. The second kappa shape index (κ2) is 7.41. The highest BCUT2D eigenvalue weighted by Gasteiger charge is 2.16. The van der Waals surface area contributed by atoms with Gasteiger partial charge in [-0.15, -0.1) is 0 Å². The van der Waals surface area contributed by atoms with Gasteiger partial charge in [0.2, 0.25) is 0 Å². The van der Waals surface area contributed by atoms with Gasteiger partial charge in [0.05, 0.1) is 0 Å². The topological polar surface area (TPSA) is 35.7 Å². The minimum Gasteiger partial charge on any atom is -0.398 e. The number of nitrogens with two attached hydrogens (primary N) is 1. The Morgan fingerprint density at radius 3 is 2.40 bits per heavy atom. The third-order valence-corrected chi connectivity index (χ3v) is 4.52. The van der Waals surface area contributed by atoms with Crippen LogP contribution < -0.4 is 5.73 Å². The van der Waals surface area contributed by atoms with Crippen molar-refractivity contribution in [3.05, 3.63) is 28.2 Å². The van der Waals surface area contributed by atoms with Gasteiger partial charge in [-0.3, -0.25) is 9.80 Å². The number of rotatable bonds is 5. The van der Waals surface area contributed by atoms with Crippen LogP contribution in [0.15, 0.2) is 22.7 Å². The number of anilines is 1. The van der Waals surface area contributed by atoms with E-state index in [1.165, 1.54) is 25.2 Å². The number of piperazine rings is 1. The van der Waals surface area contributed by atoms with E-state index in [1.807, 2.05) is 6.07 Å². The molecule has 4 nitrogen and oxygen atoms in total. The largest absolute Gasteiger partial charge is 0.398 e. The molecule has 0 amide bonds. The number of nitrogen functional groups attached to an aromatic ring is 1. The normalized spacial score (nSPS) is 17.8. The molecule has 0 bridgehead atoms. The van der Waals surface area contributed by atoms with E-state index in [2.05, 4.69) is 56.9 Å². The highest BCUT2D eigenvalue weighted by molar-refractivity contribution is 9.10. The van der Waals surface area contributed by atoms with Gasteiger partial charge in [-0.25, -0.2) is 0 Å². The SMILES string of the molecule is CN(C)CCN1CCN(Cc2ccc(Br)c(N)c2)CC1. The Morgan fingerprint density at radius 2 is 1.80 bits per heavy atom. The van der Waals surface area contributed by atoms with Crippen molar-refractivity contribution in [2.24, 2.45) is 0 Å². The van der Waals surface area contributed by atoms with Gasteiger partial charge in [-0.2, -0.15) is 0 Å². The van der Waals surface area contributed by atoms with E-state index in [0.717, 1.165) is 36.3 Å². The molecule has 0 saturated carbocycles. The molecule has 0 atom stereocenters. The smallest absolute Gasteiger partial charge is 0.0461 e. The standard InChI is InChI=1S/C15H25BrN4/c1-18(2)5-6-19-7-9-20(10-8-19)12-13-3-4-14(16)15(17)11-13/h3-4,11H,5-10,12,17H2,1-2H3. The van der Waals surface area contributed by atoms with Crippen molar-refractivity contribution in [1.29, 1.82) is 0 Å². The first-order valence-corrected chi connectivity index (χ1v) is 7.97. The zero-order chi connectivity index (χ0) is 14.5. The van der Waals surface area contributed by atoms with Gasteiger partial charge >= 0.3 is 0 Å². The Hall–Kier alpha value is -0.620. The van der Waals surface area contributed by atoms with Crippen LogP contribution in [0.1, 0.15) is 5.56 Å². The fourth-order valence-electron chi connectivity index (χ4n) is 2.46. The maximum Gasteiger partial charge on any atom is 0.0461 e. The first-order chi connectivity index (χ1) is 9.54. The van der Waals surface area contributed by atoms with Crippen LogP contribution in [0, 0.1) is 0 Å². The molecule has 1 aromatic carbocycles. The molecule has 1 saturated heterocycles. The minimum atomic E-state index is 0.826. The molecule has 1 aliphatic rings. The monoisotopic (exact) mass is 340 g/mol. The quantitative estimate of drug-likeness (QED) is 0.828. The molecular weight excluding hydrogens is 316 g/mol. The molecule has 0 aliphatic carbocycles. The lowest BCUT2D eigenvalue weighted by Gasteiger charge is -2.35. The zero-order valence-corrected chi connectivity index (χ0v) is 14.1. The molecule has 20 heavy (non-hydrogen) atoms. The first kappa shape index (κ1) is 15.8. The van der Waals surface area contributed by atoms with E-state index in [-0.39, 0.29) is 0 Å². The Kier molecular flexibility index (Phi) is 5.84. The first-order valence-electron chi connectivity index (χ1n) is 7.18. The molecular formula is C15H25BrN4. The highest BCUT2D eigenvalue weighted by atomic mass is 79.9. The van der Waals surface area contributed by atoms with E-state index >= 15 is 0 Å². The number of hydrogen-bond donors (Lipinski definition) is 1. The Labute approximate surface area is 130 Å². The number of hydrogen-bond acceptors (Lipinski definition) is 4. The summed E-state index contributed by atoms with van der Waals surface area (Å²) in [7, 11) is 4.27. The van der Waals surface area contributed by atoms with Gasteiger partial charge in [0, 0.05) is 56.0 Å². The van der Waals surface area contributed by atoms with E-state index in [9.17, 15) is 0 Å². The van der Waals surface area contributed by atoms with Crippen LogP contribution in [0.5, 0.6) is 0 Å². The van der Waals surface area contributed by atoms with Crippen LogP contribution in [-0.2, 0) is 6.54 Å². The van der Waals surface area contributed by atoms with Crippen molar-refractivity contribution in [2.75, 3.05) is 59.1 Å². The van der Waals surface area contributed by atoms with Crippen molar-refractivity contribution >= 4 is 21.6 Å². The summed E-state index contributed by atoms with van der Waals surface area (Å²) in [5, 5.41) is 0. The second-order valence-corrected chi connectivity index (χ2v) is 6.63. The molecule has 0 aromatic heterocycles. The molecule has 1 fully saturated rings. The third-order valence-electron chi connectivity index (χ3n) is 3.79. The summed E-state index contributed by atoms with van der Waals surface area (Å²) >= 11 is 3.44. The Balaban J connectivity index is 1.77. The van der Waals surface area contributed by atoms with Gasteiger partial charge < -0.3 is 10.6 Å². The summed E-state index contributed by atoms with van der Waals surface area (Å²) in [5.74, 6) is 0. The van der Waals surface area contributed by atoms with Crippen molar-refractivity contribution in [3.63, 3.8) is 0 Å². The van der Waals surface area contributed by atoms with E-state index in [1.54, 1.807) is 0 Å². The average molecular weight is 341 g/mol. The van der Waals surface area contributed by atoms with Crippen LogP contribution in [0.3, 0.4) is 0 Å². The molecule has 2 N–H and O–H groups in total. The molecule has 112 valence electrons. The zero-order valence-electron chi connectivity index (χ0n) is 12.5. The maximum absolute atomic E-state index is 5.94. The number of halogens is 1. The fourth-order valence-corrected chi connectivity index (χ4v) is 2.71. The summed E-state index contributed by atoms with van der Waals surface area (Å²) in [6, 6.07) is 6.26. The fraction of sp³-hybridized carbons (Fsp3) is 0.600. The minimum absolute atomic E-state index is 0.826. The molecule has 5 heteroatoms. The Morgan fingerprint density at radius 1 is 1.15 bits per heavy atom. The molecule has 1 aromatic rings. The maximum atomic E-state index is 5.94. The molecule has 0 radical (unpaired) electrons. The predicted octanol–water partition coefficient (Wildman–Crippen LogP) is 1.71. The van der Waals surface area contributed by atoms with Crippen LogP contribution in [0.25, 0.3) is 0 Å². The van der Waals surface area contributed by atoms with E-state index in [0.29, 0.717) is 0 Å². The van der Waals surface area contributed by atoms with Gasteiger partial charge in [-0.1, -0.05) is 6.07 Å². The van der Waals surface area contributed by atoms with E-state index < -0.39 is 0 Å². The van der Waals surface area contributed by atoms with Crippen LogP contribution >= 0.6 is 15.9 Å². The Bertz CT molecular complexity index is 428. The third kappa shape index (κ3) is 4.74. The molecule has 0 unspecified atom stereocenters. The second-order valence-electron chi connectivity index (χ2n) is 5.78. The van der Waals surface area contributed by atoms with Gasteiger partial charge in [0.25, 0.3) is 0 Å². The van der Waals surface area contributed by atoms with Gasteiger partial charge in [-0.05, 0) is 47.7 Å². The van der Waals surface area contributed by atoms with Crippen molar-refractivity contribution in [2.45, 2.75) is 6.54 Å². The molecule has 1 aliphatic heterocycles. The van der Waals surface area contributed by atoms with Crippen molar-refractivity contribution in [3.8, 4) is 0 Å². The van der Waals surface area contributed by atoms with Crippen LogP contribution in [0.2, 0.25) is 0 Å². The van der Waals surface area contributed by atoms with Crippen molar-refractivity contribution < 1.29 is 0 Å². The summed E-state index contributed by atoms with van der Waals surface area (Å²) in [6.07, 6.45) is 0. The van der Waals surface area contributed by atoms with Crippen LogP contribution in [0.4, 0.5) is 5.69 Å².